The molecular formula is C28H21BrN2. The lowest BCUT2D eigenvalue weighted by Crippen LogP contribution is -2.01. The fraction of sp³-hybridized carbons (Fsp3) is 0.0357. The smallest absolute Gasteiger partial charge is 0.146 e. The topological polar surface area (TPSA) is 17.8 Å². The van der Waals surface area contributed by atoms with Gasteiger partial charge in [-0.1, -0.05) is 101 Å². The van der Waals surface area contributed by atoms with Crippen molar-refractivity contribution in [2.45, 2.75) is 6.92 Å². The third kappa shape index (κ3) is 3.73. The highest BCUT2D eigenvalue weighted by Gasteiger charge is 2.22. The maximum atomic E-state index is 5.24. The zero-order valence-electron chi connectivity index (χ0n) is 17.2. The van der Waals surface area contributed by atoms with Crippen LogP contribution in [-0.2, 0) is 0 Å². The Morgan fingerprint density at radius 1 is 0.645 bits per heavy atom. The van der Waals surface area contributed by atoms with E-state index in [-0.39, 0.29) is 0 Å². The van der Waals surface area contributed by atoms with Gasteiger partial charge in [-0.25, -0.2) is 4.98 Å². The summed E-state index contributed by atoms with van der Waals surface area (Å²) in [5.74, 6) is 0.943. The Balaban J connectivity index is 1.90. The van der Waals surface area contributed by atoms with Gasteiger partial charge in [0.1, 0.15) is 5.82 Å². The van der Waals surface area contributed by atoms with Crippen LogP contribution in [0.25, 0.3) is 39.6 Å². The fourth-order valence-corrected chi connectivity index (χ4v) is 4.19. The molecule has 4 aromatic carbocycles. The molecule has 0 N–H and O–H groups in total. The van der Waals surface area contributed by atoms with Crippen molar-refractivity contribution in [3.63, 3.8) is 0 Å². The number of aromatic nitrogens is 2. The van der Waals surface area contributed by atoms with E-state index in [1.165, 1.54) is 5.56 Å². The van der Waals surface area contributed by atoms with Crippen molar-refractivity contribution in [1.82, 2.24) is 9.55 Å². The van der Waals surface area contributed by atoms with E-state index in [2.05, 4.69) is 124 Å². The molecule has 0 bridgehead atoms. The average molecular weight is 465 g/mol. The highest BCUT2D eigenvalue weighted by atomic mass is 79.9. The molecule has 1 aromatic heterocycles. The minimum atomic E-state index is 0.943. The summed E-state index contributed by atoms with van der Waals surface area (Å²) in [7, 11) is 0. The summed E-state index contributed by atoms with van der Waals surface area (Å²) in [4.78, 5) is 5.24. The van der Waals surface area contributed by atoms with Crippen LogP contribution in [0.15, 0.2) is 114 Å². The van der Waals surface area contributed by atoms with Crippen molar-refractivity contribution in [1.29, 1.82) is 0 Å². The summed E-state index contributed by atoms with van der Waals surface area (Å²) in [5, 5.41) is 0. The van der Waals surface area contributed by atoms with E-state index in [9.17, 15) is 0 Å². The Bertz CT molecular complexity index is 1320. The zero-order chi connectivity index (χ0) is 21.2. The SMILES string of the molecule is Cc1ccccc1-c1nc(-c2ccccc2)c(-c2ccccc2)n1-c1ccc(Br)cc1. The minimum Gasteiger partial charge on any atom is -0.292 e. The molecule has 0 aliphatic rings. The summed E-state index contributed by atoms with van der Waals surface area (Å²) in [5.41, 5.74) is 7.72. The minimum absolute atomic E-state index is 0.943. The highest BCUT2D eigenvalue weighted by Crippen LogP contribution is 2.39. The summed E-state index contributed by atoms with van der Waals surface area (Å²) in [6, 6.07) is 37.8. The number of hydrogen-bond acceptors (Lipinski definition) is 1. The van der Waals surface area contributed by atoms with E-state index in [1.807, 2.05) is 12.1 Å². The molecule has 0 aliphatic heterocycles. The predicted octanol–water partition coefficient (Wildman–Crippen LogP) is 7.94. The Morgan fingerprint density at radius 3 is 1.87 bits per heavy atom. The van der Waals surface area contributed by atoms with Crippen molar-refractivity contribution in [3.8, 4) is 39.6 Å². The number of imidazole rings is 1. The summed E-state index contributed by atoms with van der Waals surface area (Å²) in [6.45, 7) is 2.14. The third-order valence-electron chi connectivity index (χ3n) is 5.44. The van der Waals surface area contributed by atoms with Crippen LogP contribution in [0.5, 0.6) is 0 Å². The molecule has 0 fully saturated rings. The predicted molar refractivity (Wildman–Crippen MR) is 132 cm³/mol. The molecule has 0 amide bonds. The van der Waals surface area contributed by atoms with Gasteiger partial charge < -0.3 is 0 Å². The van der Waals surface area contributed by atoms with Crippen LogP contribution in [0.4, 0.5) is 0 Å². The average Bonchev–Trinajstić information content (AvgIpc) is 3.21. The first-order chi connectivity index (χ1) is 15.2. The summed E-state index contributed by atoms with van der Waals surface area (Å²) >= 11 is 3.57. The first kappa shape index (κ1) is 19.5. The van der Waals surface area contributed by atoms with E-state index >= 15 is 0 Å². The number of rotatable bonds is 4. The van der Waals surface area contributed by atoms with Gasteiger partial charge in [0.15, 0.2) is 0 Å². The van der Waals surface area contributed by atoms with Crippen molar-refractivity contribution in [2.24, 2.45) is 0 Å². The van der Waals surface area contributed by atoms with Crippen molar-refractivity contribution in [3.05, 3.63) is 119 Å². The molecule has 2 nitrogen and oxygen atoms in total. The van der Waals surface area contributed by atoms with Crippen LogP contribution in [0.1, 0.15) is 5.56 Å². The van der Waals surface area contributed by atoms with Gasteiger partial charge in [-0.2, -0.15) is 0 Å². The molecule has 1 heterocycles. The second-order valence-corrected chi connectivity index (χ2v) is 8.41. The van der Waals surface area contributed by atoms with Crippen molar-refractivity contribution < 1.29 is 0 Å². The standard InChI is InChI=1S/C28H21BrN2/c1-20-10-8-9-15-25(20)28-30-26(21-11-4-2-5-12-21)27(22-13-6-3-7-14-22)31(28)24-18-16-23(29)17-19-24/h2-19H,1H3. The van der Waals surface area contributed by atoms with Gasteiger partial charge >= 0.3 is 0 Å². The Morgan fingerprint density at radius 2 is 1.23 bits per heavy atom. The van der Waals surface area contributed by atoms with Gasteiger partial charge in [0.25, 0.3) is 0 Å². The van der Waals surface area contributed by atoms with E-state index in [0.717, 1.165) is 44.1 Å². The van der Waals surface area contributed by atoms with Crippen LogP contribution in [0.2, 0.25) is 0 Å². The Hall–Kier alpha value is -3.43. The van der Waals surface area contributed by atoms with Gasteiger partial charge in [0.05, 0.1) is 11.4 Å². The van der Waals surface area contributed by atoms with E-state index < -0.39 is 0 Å². The van der Waals surface area contributed by atoms with Crippen LogP contribution in [0, 0.1) is 6.92 Å². The van der Waals surface area contributed by atoms with Crippen LogP contribution >= 0.6 is 15.9 Å². The quantitative estimate of drug-likeness (QED) is 0.263. The van der Waals surface area contributed by atoms with Crippen molar-refractivity contribution >= 4 is 15.9 Å². The molecule has 0 aliphatic carbocycles. The normalized spacial score (nSPS) is 10.9. The molecule has 0 radical (unpaired) electrons. The van der Waals surface area contributed by atoms with Gasteiger partial charge in [0.2, 0.25) is 0 Å². The molecule has 0 saturated heterocycles. The summed E-state index contributed by atoms with van der Waals surface area (Å²) in [6.07, 6.45) is 0. The molecule has 5 rings (SSSR count). The lowest BCUT2D eigenvalue weighted by Gasteiger charge is -2.14. The molecule has 150 valence electrons. The zero-order valence-corrected chi connectivity index (χ0v) is 18.8. The number of aryl methyl sites for hydroxylation is 1. The summed E-state index contributed by atoms with van der Waals surface area (Å²) < 4.78 is 3.34. The Labute approximate surface area is 191 Å². The molecule has 0 spiro atoms. The lowest BCUT2D eigenvalue weighted by molar-refractivity contribution is 1.07. The number of benzene rings is 4. The van der Waals surface area contributed by atoms with Gasteiger partial charge in [-0.3, -0.25) is 4.57 Å². The van der Waals surface area contributed by atoms with Gasteiger partial charge in [-0.15, -0.1) is 0 Å². The number of halogens is 1. The van der Waals surface area contributed by atoms with Crippen LogP contribution < -0.4 is 0 Å². The lowest BCUT2D eigenvalue weighted by atomic mass is 10.0. The third-order valence-corrected chi connectivity index (χ3v) is 5.97. The largest absolute Gasteiger partial charge is 0.292 e. The second kappa shape index (κ2) is 8.37. The molecule has 31 heavy (non-hydrogen) atoms. The Kier molecular flexibility index (Phi) is 5.27. The molecular weight excluding hydrogens is 444 g/mol. The molecule has 5 aromatic rings. The van der Waals surface area contributed by atoms with E-state index in [4.69, 9.17) is 4.98 Å². The first-order valence-corrected chi connectivity index (χ1v) is 11.1. The number of nitrogens with zero attached hydrogens (tertiary/aromatic N) is 2. The van der Waals surface area contributed by atoms with Gasteiger partial charge in [-0.05, 0) is 36.8 Å². The maximum Gasteiger partial charge on any atom is 0.146 e. The number of hydrogen-bond donors (Lipinski definition) is 0. The molecule has 0 unspecified atom stereocenters. The highest BCUT2D eigenvalue weighted by molar-refractivity contribution is 9.10. The monoisotopic (exact) mass is 464 g/mol. The van der Waals surface area contributed by atoms with Crippen LogP contribution in [0.3, 0.4) is 0 Å². The fourth-order valence-electron chi connectivity index (χ4n) is 3.93. The maximum absolute atomic E-state index is 5.24. The first-order valence-electron chi connectivity index (χ1n) is 10.3. The molecule has 0 saturated carbocycles. The molecule has 0 atom stereocenters. The van der Waals surface area contributed by atoms with E-state index in [1.54, 1.807) is 0 Å². The van der Waals surface area contributed by atoms with Crippen molar-refractivity contribution in [2.75, 3.05) is 0 Å². The van der Waals surface area contributed by atoms with Gasteiger partial charge in [0, 0.05) is 26.9 Å². The second-order valence-electron chi connectivity index (χ2n) is 7.49. The van der Waals surface area contributed by atoms with Crippen LogP contribution in [-0.4, -0.2) is 9.55 Å². The van der Waals surface area contributed by atoms with E-state index in [0.29, 0.717) is 0 Å². The molecule has 3 heteroatoms.